The molecule has 23 heavy (non-hydrogen) atoms. The van der Waals surface area contributed by atoms with Gasteiger partial charge in [-0.2, -0.15) is 5.26 Å². The summed E-state index contributed by atoms with van der Waals surface area (Å²) in [6.07, 6.45) is 2.68. The highest BCUT2D eigenvalue weighted by atomic mass is 79.9. The second-order valence-electron chi connectivity index (χ2n) is 6.42. The van der Waals surface area contributed by atoms with Crippen LogP contribution in [0.2, 0.25) is 0 Å². The molecule has 1 saturated heterocycles. The number of piperidine rings is 1. The van der Waals surface area contributed by atoms with Crippen molar-refractivity contribution >= 4 is 22.0 Å². The van der Waals surface area contributed by atoms with Crippen LogP contribution in [0.25, 0.3) is 0 Å². The van der Waals surface area contributed by atoms with Crippen LogP contribution in [0.4, 0.5) is 4.79 Å². The van der Waals surface area contributed by atoms with Crippen molar-refractivity contribution in [1.82, 2.24) is 9.88 Å². The molecule has 0 aliphatic carbocycles. The van der Waals surface area contributed by atoms with Gasteiger partial charge in [0, 0.05) is 17.2 Å². The lowest BCUT2D eigenvalue weighted by Gasteiger charge is -2.34. The van der Waals surface area contributed by atoms with Gasteiger partial charge in [-0.3, -0.25) is 0 Å². The third-order valence-electron chi connectivity index (χ3n) is 3.25. The third-order valence-corrected chi connectivity index (χ3v) is 3.68. The topological polar surface area (TPSA) is 75.4 Å². The van der Waals surface area contributed by atoms with E-state index in [1.165, 1.54) is 0 Å². The number of rotatable bonds is 2. The summed E-state index contributed by atoms with van der Waals surface area (Å²) < 4.78 is 12.0. The first-order chi connectivity index (χ1) is 10.8. The molecule has 1 aromatic heterocycles. The second-order valence-corrected chi connectivity index (χ2v) is 7.34. The number of hydrogen-bond donors (Lipinski definition) is 0. The quantitative estimate of drug-likeness (QED) is 0.783. The number of nitriles is 1. The highest BCUT2D eigenvalue weighted by Crippen LogP contribution is 2.25. The van der Waals surface area contributed by atoms with Gasteiger partial charge in [0.05, 0.1) is 6.54 Å². The number of likely N-dealkylation sites (tertiary alicyclic amines) is 1. The molecule has 1 aliphatic rings. The van der Waals surface area contributed by atoms with Gasteiger partial charge in [-0.25, -0.2) is 9.78 Å². The van der Waals surface area contributed by atoms with E-state index in [9.17, 15) is 4.79 Å². The van der Waals surface area contributed by atoms with Crippen LogP contribution in [-0.4, -0.2) is 40.8 Å². The Bertz CT molecular complexity index is 622. The Morgan fingerprint density at radius 2 is 2.26 bits per heavy atom. The largest absolute Gasteiger partial charge is 0.485 e. The number of ether oxygens (including phenoxy) is 2. The van der Waals surface area contributed by atoms with E-state index in [-0.39, 0.29) is 17.9 Å². The van der Waals surface area contributed by atoms with Crippen LogP contribution < -0.4 is 4.74 Å². The van der Waals surface area contributed by atoms with Crippen molar-refractivity contribution in [2.75, 3.05) is 13.1 Å². The van der Waals surface area contributed by atoms with Crippen molar-refractivity contribution in [2.45, 2.75) is 45.3 Å². The summed E-state index contributed by atoms with van der Waals surface area (Å²) in [6.45, 7) is 6.61. The summed E-state index contributed by atoms with van der Waals surface area (Å²) in [6, 6.07) is 3.74. The molecule has 0 saturated carbocycles. The fourth-order valence-electron chi connectivity index (χ4n) is 2.30. The molecule has 0 spiro atoms. The first kappa shape index (κ1) is 17.5. The maximum atomic E-state index is 12.2. The number of amides is 1. The number of carbonyl (C=O) groups excluding carboxylic acids is 1. The van der Waals surface area contributed by atoms with Crippen molar-refractivity contribution in [3.8, 4) is 11.8 Å². The van der Waals surface area contributed by atoms with Crippen molar-refractivity contribution in [2.24, 2.45) is 0 Å². The van der Waals surface area contributed by atoms with Gasteiger partial charge in [-0.15, -0.1) is 0 Å². The van der Waals surface area contributed by atoms with E-state index < -0.39 is 5.60 Å². The average Bonchev–Trinajstić information content (AvgIpc) is 2.46. The number of halogens is 1. The van der Waals surface area contributed by atoms with E-state index in [4.69, 9.17) is 14.7 Å². The number of hydrogen-bond acceptors (Lipinski definition) is 5. The van der Waals surface area contributed by atoms with Gasteiger partial charge in [0.1, 0.15) is 17.8 Å². The summed E-state index contributed by atoms with van der Waals surface area (Å²) in [5, 5.41) is 9.11. The Morgan fingerprint density at radius 1 is 1.52 bits per heavy atom. The van der Waals surface area contributed by atoms with Gasteiger partial charge in [0.2, 0.25) is 0 Å². The molecule has 2 heterocycles. The summed E-state index contributed by atoms with van der Waals surface area (Å²) in [5.74, 6) is 0.429. The van der Waals surface area contributed by atoms with E-state index in [0.29, 0.717) is 18.8 Å². The summed E-state index contributed by atoms with van der Waals surface area (Å²) in [5.41, 5.74) is -0.282. The molecule has 124 valence electrons. The zero-order valence-electron chi connectivity index (χ0n) is 13.5. The molecule has 0 N–H and O–H groups in total. The minimum absolute atomic E-state index is 0.181. The van der Waals surface area contributed by atoms with Crippen LogP contribution in [0.5, 0.6) is 5.75 Å². The summed E-state index contributed by atoms with van der Waals surface area (Å²) >= 11 is 3.32. The number of carbonyl (C=O) groups is 1. The Labute approximate surface area is 144 Å². The van der Waals surface area contributed by atoms with Crippen molar-refractivity contribution < 1.29 is 14.3 Å². The van der Waals surface area contributed by atoms with Crippen LogP contribution in [-0.2, 0) is 4.74 Å². The zero-order valence-corrected chi connectivity index (χ0v) is 15.1. The molecule has 1 unspecified atom stereocenters. The van der Waals surface area contributed by atoms with Crippen LogP contribution in [0.3, 0.4) is 0 Å². The molecule has 6 nitrogen and oxygen atoms in total. The van der Waals surface area contributed by atoms with Crippen LogP contribution in [0, 0.1) is 11.3 Å². The van der Waals surface area contributed by atoms with E-state index in [1.54, 1.807) is 17.2 Å². The van der Waals surface area contributed by atoms with E-state index in [0.717, 1.165) is 17.3 Å². The highest BCUT2D eigenvalue weighted by Gasteiger charge is 2.29. The Balaban J connectivity index is 2.03. The molecule has 1 aromatic rings. The van der Waals surface area contributed by atoms with E-state index >= 15 is 0 Å². The molecule has 1 amide bonds. The van der Waals surface area contributed by atoms with Gasteiger partial charge >= 0.3 is 6.09 Å². The monoisotopic (exact) mass is 381 g/mol. The SMILES string of the molecule is CC(C)(C)OC(=O)N1CCCC(Oc2cc(Br)cnc2C#N)C1. The first-order valence-corrected chi connectivity index (χ1v) is 8.28. The van der Waals surface area contributed by atoms with Crippen molar-refractivity contribution in [3.63, 3.8) is 0 Å². The van der Waals surface area contributed by atoms with E-state index in [2.05, 4.69) is 20.9 Å². The summed E-state index contributed by atoms with van der Waals surface area (Å²) in [7, 11) is 0. The number of aromatic nitrogens is 1. The molecule has 0 radical (unpaired) electrons. The fraction of sp³-hybridized carbons (Fsp3) is 0.562. The first-order valence-electron chi connectivity index (χ1n) is 7.49. The van der Waals surface area contributed by atoms with Crippen molar-refractivity contribution in [1.29, 1.82) is 5.26 Å². The lowest BCUT2D eigenvalue weighted by molar-refractivity contribution is 0.00768. The molecule has 1 fully saturated rings. The Hall–Kier alpha value is -1.81. The maximum absolute atomic E-state index is 12.2. The Kier molecular flexibility index (Phi) is 5.47. The zero-order chi connectivity index (χ0) is 17.0. The molecular weight excluding hydrogens is 362 g/mol. The third kappa shape index (κ3) is 5.10. The minimum Gasteiger partial charge on any atom is -0.485 e. The van der Waals surface area contributed by atoms with Gasteiger partial charge < -0.3 is 14.4 Å². The van der Waals surface area contributed by atoms with Gasteiger partial charge in [-0.05, 0) is 55.6 Å². The maximum Gasteiger partial charge on any atom is 0.410 e. The molecule has 1 atom stereocenters. The second kappa shape index (κ2) is 7.18. The predicted octanol–water partition coefficient (Wildman–Crippen LogP) is 3.49. The molecule has 0 aromatic carbocycles. The fourth-order valence-corrected chi connectivity index (χ4v) is 2.61. The molecule has 2 rings (SSSR count). The lowest BCUT2D eigenvalue weighted by atomic mass is 10.1. The van der Waals surface area contributed by atoms with E-state index in [1.807, 2.05) is 26.8 Å². The smallest absolute Gasteiger partial charge is 0.410 e. The normalized spacial score (nSPS) is 18.2. The van der Waals surface area contributed by atoms with Gasteiger partial charge in [0.25, 0.3) is 0 Å². The molecule has 0 bridgehead atoms. The highest BCUT2D eigenvalue weighted by molar-refractivity contribution is 9.10. The Morgan fingerprint density at radius 3 is 2.91 bits per heavy atom. The molecule has 1 aliphatic heterocycles. The van der Waals surface area contributed by atoms with Crippen LogP contribution in [0.15, 0.2) is 16.7 Å². The van der Waals surface area contributed by atoms with Crippen molar-refractivity contribution in [3.05, 3.63) is 22.4 Å². The van der Waals surface area contributed by atoms with Gasteiger partial charge in [0.15, 0.2) is 11.4 Å². The average molecular weight is 382 g/mol. The molecule has 7 heteroatoms. The minimum atomic E-state index is -0.521. The molecular formula is C16H20BrN3O3. The van der Waals surface area contributed by atoms with Gasteiger partial charge in [-0.1, -0.05) is 0 Å². The summed E-state index contributed by atoms with van der Waals surface area (Å²) in [4.78, 5) is 17.8. The number of pyridine rings is 1. The van der Waals surface area contributed by atoms with Crippen LogP contribution in [0.1, 0.15) is 39.3 Å². The predicted molar refractivity (Wildman–Crippen MR) is 88.1 cm³/mol. The standard InChI is InChI=1S/C16H20BrN3O3/c1-16(2,3)23-15(21)20-6-4-5-12(10-20)22-14-7-11(17)9-19-13(14)8-18/h7,9,12H,4-6,10H2,1-3H3. The lowest BCUT2D eigenvalue weighted by Crippen LogP contribution is -2.46. The van der Waals surface area contributed by atoms with Crippen LogP contribution >= 0.6 is 15.9 Å². The number of nitrogens with zero attached hydrogens (tertiary/aromatic N) is 3.